The molecule has 0 heterocycles. The molecule has 0 aliphatic heterocycles. The molecule has 104 valence electrons. The number of nitrogens with two attached hydrogens (primary N) is 1. The Bertz CT molecular complexity index is 581. The highest BCUT2D eigenvalue weighted by Crippen LogP contribution is 2.25. The minimum Gasteiger partial charge on any atom is -0.492 e. The van der Waals surface area contributed by atoms with Crippen LogP contribution in [-0.4, -0.2) is 27.5 Å². The van der Waals surface area contributed by atoms with Crippen LogP contribution in [0.3, 0.4) is 0 Å². The highest BCUT2D eigenvalue weighted by Gasteiger charge is 2.20. The molecule has 19 heavy (non-hydrogen) atoms. The summed E-state index contributed by atoms with van der Waals surface area (Å²) in [6.07, 6.45) is 1.41. The van der Waals surface area contributed by atoms with Crippen LogP contribution < -0.4 is 15.2 Å². The SMILES string of the molecule is C=CCNS(=O)(=O)c1cc(C(N)=O)ccc1OCC. The first kappa shape index (κ1) is 15.2. The number of carbonyl (C=O) groups is 1. The molecule has 0 bridgehead atoms. The topological polar surface area (TPSA) is 98.5 Å². The van der Waals surface area contributed by atoms with Gasteiger partial charge >= 0.3 is 0 Å². The normalized spacial score (nSPS) is 11.0. The molecule has 0 aliphatic rings. The van der Waals surface area contributed by atoms with Crippen LogP contribution in [0.25, 0.3) is 0 Å². The van der Waals surface area contributed by atoms with Gasteiger partial charge in [0, 0.05) is 12.1 Å². The lowest BCUT2D eigenvalue weighted by Crippen LogP contribution is -2.25. The van der Waals surface area contributed by atoms with Gasteiger partial charge in [0.2, 0.25) is 15.9 Å². The minimum absolute atomic E-state index is 0.0781. The fraction of sp³-hybridized carbons (Fsp3) is 0.250. The first-order chi connectivity index (χ1) is 8.92. The van der Waals surface area contributed by atoms with Gasteiger partial charge in [-0.15, -0.1) is 6.58 Å². The maximum Gasteiger partial charge on any atom is 0.248 e. The third kappa shape index (κ3) is 3.80. The molecular formula is C12H16N2O4S. The second-order valence-electron chi connectivity index (χ2n) is 3.60. The molecular weight excluding hydrogens is 268 g/mol. The van der Waals surface area contributed by atoms with Gasteiger partial charge in [-0.25, -0.2) is 13.1 Å². The first-order valence-corrected chi connectivity index (χ1v) is 7.08. The van der Waals surface area contributed by atoms with Crippen LogP contribution in [0.5, 0.6) is 5.75 Å². The number of amides is 1. The summed E-state index contributed by atoms with van der Waals surface area (Å²) in [5, 5.41) is 0. The summed E-state index contributed by atoms with van der Waals surface area (Å²) in [5.74, 6) is -0.535. The molecule has 0 atom stereocenters. The Hall–Kier alpha value is -1.86. The number of sulfonamides is 1. The van der Waals surface area contributed by atoms with Gasteiger partial charge in [-0.05, 0) is 25.1 Å². The molecule has 6 nitrogen and oxygen atoms in total. The second-order valence-corrected chi connectivity index (χ2v) is 5.33. The van der Waals surface area contributed by atoms with Crippen molar-refractivity contribution < 1.29 is 17.9 Å². The molecule has 1 amide bonds. The third-order valence-electron chi connectivity index (χ3n) is 2.24. The molecule has 0 saturated heterocycles. The molecule has 7 heteroatoms. The lowest BCUT2D eigenvalue weighted by Gasteiger charge is -2.12. The Morgan fingerprint density at radius 3 is 2.74 bits per heavy atom. The van der Waals surface area contributed by atoms with Gasteiger partial charge in [0.25, 0.3) is 0 Å². The van der Waals surface area contributed by atoms with E-state index in [1.807, 2.05) is 0 Å². The highest BCUT2D eigenvalue weighted by molar-refractivity contribution is 7.89. The van der Waals surface area contributed by atoms with Crippen LogP contribution in [0.2, 0.25) is 0 Å². The Morgan fingerprint density at radius 1 is 1.53 bits per heavy atom. The number of hydrogen-bond donors (Lipinski definition) is 2. The number of ether oxygens (including phenoxy) is 1. The average molecular weight is 284 g/mol. The fourth-order valence-electron chi connectivity index (χ4n) is 1.39. The lowest BCUT2D eigenvalue weighted by atomic mass is 10.2. The van der Waals surface area contributed by atoms with E-state index in [9.17, 15) is 13.2 Å². The van der Waals surface area contributed by atoms with Crippen LogP contribution in [-0.2, 0) is 10.0 Å². The monoisotopic (exact) mass is 284 g/mol. The van der Waals surface area contributed by atoms with E-state index in [-0.39, 0.29) is 22.8 Å². The first-order valence-electron chi connectivity index (χ1n) is 5.59. The van der Waals surface area contributed by atoms with E-state index in [4.69, 9.17) is 10.5 Å². The third-order valence-corrected chi connectivity index (χ3v) is 3.68. The smallest absolute Gasteiger partial charge is 0.248 e. The number of nitrogens with one attached hydrogen (secondary N) is 1. The Morgan fingerprint density at radius 2 is 2.21 bits per heavy atom. The molecule has 0 unspecified atom stereocenters. The molecule has 0 fully saturated rings. The molecule has 0 spiro atoms. The standard InChI is InChI=1S/C12H16N2O4S/c1-3-7-14-19(16,17)11-8-9(12(13)15)5-6-10(11)18-4-2/h3,5-6,8,14H,1,4,7H2,2H3,(H2,13,15). The van der Waals surface area contributed by atoms with Crippen molar-refractivity contribution in [3.05, 3.63) is 36.4 Å². The average Bonchev–Trinajstić information content (AvgIpc) is 2.37. The van der Waals surface area contributed by atoms with E-state index in [2.05, 4.69) is 11.3 Å². The van der Waals surface area contributed by atoms with E-state index >= 15 is 0 Å². The molecule has 1 aromatic carbocycles. The molecule has 1 aromatic rings. The van der Waals surface area contributed by atoms with Gasteiger partial charge in [0.1, 0.15) is 10.6 Å². The van der Waals surface area contributed by atoms with E-state index in [0.29, 0.717) is 6.61 Å². The number of carbonyl (C=O) groups excluding carboxylic acids is 1. The lowest BCUT2D eigenvalue weighted by molar-refractivity contribution is 0.1000. The Labute approximate surface area is 112 Å². The van der Waals surface area contributed by atoms with Crippen LogP contribution in [0.1, 0.15) is 17.3 Å². The van der Waals surface area contributed by atoms with Crippen LogP contribution in [0.4, 0.5) is 0 Å². The fourth-order valence-corrected chi connectivity index (χ4v) is 2.56. The van der Waals surface area contributed by atoms with E-state index < -0.39 is 15.9 Å². The second kappa shape index (κ2) is 6.35. The molecule has 0 saturated carbocycles. The zero-order valence-electron chi connectivity index (χ0n) is 10.5. The predicted octanol–water partition coefficient (Wildman–Crippen LogP) is 0.649. The van der Waals surface area contributed by atoms with E-state index in [0.717, 1.165) is 0 Å². The Kier molecular flexibility index (Phi) is 5.08. The summed E-state index contributed by atoms with van der Waals surface area (Å²) >= 11 is 0. The van der Waals surface area contributed by atoms with Crippen molar-refractivity contribution in [1.82, 2.24) is 4.72 Å². The summed E-state index contributed by atoms with van der Waals surface area (Å²) < 4.78 is 31.7. The summed E-state index contributed by atoms with van der Waals surface area (Å²) in [6.45, 7) is 5.54. The summed E-state index contributed by atoms with van der Waals surface area (Å²) in [4.78, 5) is 11.0. The van der Waals surface area contributed by atoms with Crippen molar-refractivity contribution in [2.45, 2.75) is 11.8 Å². The van der Waals surface area contributed by atoms with Crippen molar-refractivity contribution in [3.63, 3.8) is 0 Å². The van der Waals surface area contributed by atoms with Gasteiger partial charge in [-0.1, -0.05) is 6.08 Å². The number of benzene rings is 1. The molecule has 0 aromatic heterocycles. The summed E-state index contributed by atoms with van der Waals surface area (Å²) in [6, 6.07) is 4.02. The van der Waals surface area contributed by atoms with Crippen molar-refractivity contribution in [1.29, 1.82) is 0 Å². The number of rotatable bonds is 7. The van der Waals surface area contributed by atoms with Crippen molar-refractivity contribution >= 4 is 15.9 Å². The van der Waals surface area contributed by atoms with Crippen LogP contribution in [0, 0.1) is 0 Å². The van der Waals surface area contributed by atoms with Gasteiger partial charge in [0.15, 0.2) is 0 Å². The highest BCUT2D eigenvalue weighted by atomic mass is 32.2. The molecule has 3 N–H and O–H groups in total. The zero-order chi connectivity index (χ0) is 14.5. The van der Waals surface area contributed by atoms with Crippen molar-refractivity contribution in [2.24, 2.45) is 5.73 Å². The molecule has 1 rings (SSSR count). The summed E-state index contributed by atoms with van der Waals surface area (Å²) in [7, 11) is -3.79. The van der Waals surface area contributed by atoms with Crippen molar-refractivity contribution in [2.75, 3.05) is 13.2 Å². The minimum atomic E-state index is -3.79. The van der Waals surface area contributed by atoms with Crippen LogP contribution in [0.15, 0.2) is 35.7 Å². The van der Waals surface area contributed by atoms with Crippen LogP contribution >= 0.6 is 0 Å². The maximum atomic E-state index is 12.1. The van der Waals surface area contributed by atoms with Gasteiger partial charge in [-0.2, -0.15) is 0 Å². The van der Waals surface area contributed by atoms with Crippen molar-refractivity contribution in [3.8, 4) is 5.75 Å². The van der Waals surface area contributed by atoms with Gasteiger partial charge in [-0.3, -0.25) is 4.79 Å². The van der Waals surface area contributed by atoms with Gasteiger partial charge < -0.3 is 10.5 Å². The zero-order valence-corrected chi connectivity index (χ0v) is 11.4. The Balaban J connectivity index is 3.31. The van der Waals surface area contributed by atoms with E-state index in [1.54, 1.807) is 6.92 Å². The quantitative estimate of drug-likeness (QED) is 0.718. The van der Waals surface area contributed by atoms with E-state index in [1.165, 1.54) is 24.3 Å². The number of primary amides is 1. The largest absolute Gasteiger partial charge is 0.492 e. The molecule has 0 radical (unpaired) electrons. The molecule has 0 aliphatic carbocycles. The maximum absolute atomic E-state index is 12.1. The number of hydrogen-bond acceptors (Lipinski definition) is 4. The van der Waals surface area contributed by atoms with Gasteiger partial charge in [0.05, 0.1) is 6.61 Å². The predicted molar refractivity (Wildman–Crippen MR) is 71.5 cm³/mol. The summed E-state index contributed by atoms with van der Waals surface area (Å²) in [5.41, 5.74) is 5.24.